The first kappa shape index (κ1) is 47.8. The van der Waals surface area contributed by atoms with E-state index in [2.05, 4.69) is 275 Å². The molecule has 0 unspecified atom stereocenters. The predicted molar refractivity (Wildman–Crippen MR) is 354 cm³/mol. The fourth-order valence-corrected chi connectivity index (χ4v) is 16.9. The third kappa shape index (κ3) is 5.97. The molecule has 14 aromatic carbocycles. The molecule has 0 bridgehead atoms. The topological polar surface area (TPSA) is 0 Å². The number of hydrogen-bond acceptors (Lipinski definition) is 0. The Morgan fingerprint density at radius 3 is 0.940 bits per heavy atom. The summed E-state index contributed by atoms with van der Waals surface area (Å²) in [5.41, 5.74) is 29.0. The average Bonchev–Trinajstić information content (AvgIpc) is 1.58. The Kier molecular flexibility index (Phi) is 8.88. The molecule has 0 fully saturated rings. The van der Waals surface area contributed by atoms with Crippen molar-refractivity contribution in [3.05, 3.63) is 262 Å². The van der Waals surface area contributed by atoms with Gasteiger partial charge in [-0.15, -0.1) is 0 Å². The van der Waals surface area contributed by atoms with Crippen LogP contribution in [0.2, 0.25) is 0 Å². The molecule has 0 atom stereocenters. The highest BCUT2D eigenvalue weighted by molar-refractivity contribution is 6.28. The molecular weight excluding hydrogens is 997 g/mol. The lowest BCUT2D eigenvalue weighted by molar-refractivity contribution is 0.591. The molecule has 0 aliphatic heterocycles. The van der Waals surface area contributed by atoms with Gasteiger partial charge in [0.25, 0.3) is 0 Å². The molecular formula is C83H64. The molecule has 4 aliphatic carbocycles. The maximum atomic E-state index is 2.57. The quantitative estimate of drug-likeness (QED) is 0.151. The third-order valence-electron chi connectivity index (χ3n) is 21.2. The van der Waals surface area contributed by atoms with Crippen LogP contribution < -0.4 is 0 Å². The van der Waals surface area contributed by atoms with Crippen LogP contribution in [0.3, 0.4) is 0 Å². The molecule has 18 rings (SSSR count). The van der Waals surface area contributed by atoms with Gasteiger partial charge in [-0.2, -0.15) is 0 Å². The summed E-state index contributed by atoms with van der Waals surface area (Å²) in [6.45, 7) is 23.7. The zero-order valence-electron chi connectivity index (χ0n) is 49.1. The molecule has 0 heteroatoms. The van der Waals surface area contributed by atoms with Crippen molar-refractivity contribution in [1.82, 2.24) is 0 Å². The van der Waals surface area contributed by atoms with Crippen LogP contribution in [0.5, 0.6) is 0 Å². The van der Waals surface area contributed by atoms with E-state index >= 15 is 0 Å². The fourth-order valence-electron chi connectivity index (χ4n) is 16.9. The second kappa shape index (κ2) is 15.4. The lowest BCUT2D eigenvalue weighted by Crippen LogP contribution is -2.26. The van der Waals surface area contributed by atoms with E-state index in [4.69, 9.17) is 0 Å². The number of benzene rings is 14. The van der Waals surface area contributed by atoms with Crippen molar-refractivity contribution in [1.29, 1.82) is 0 Å². The van der Waals surface area contributed by atoms with Crippen molar-refractivity contribution in [2.45, 2.75) is 96.3 Å². The Balaban J connectivity index is 0.781. The van der Waals surface area contributed by atoms with Gasteiger partial charge in [-0.1, -0.05) is 239 Å². The zero-order valence-corrected chi connectivity index (χ0v) is 49.1. The smallest absolute Gasteiger partial charge is 0.0619 e. The van der Waals surface area contributed by atoms with E-state index in [0.29, 0.717) is 0 Å². The van der Waals surface area contributed by atoms with Crippen LogP contribution in [0.1, 0.15) is 125 Å². The van der Waals surface area contributed by atoms with Gasteiger partial charge in [-0.25, -0.2) is 0 Å². The highest BCUT2D eigenvalue weighted by Crippen LogP contribution is 2.64. The van der Waals surface area contributed by atoms with Crippen LogP contribution in [0.4, 0.5) is 0 Å². The Bertz CT molecular complexity index is 4900. The lowest BCUT2D eigenvalue weighted by Gasteiger charge is -2.31. The maximum absolute atomic E-state index is 2.57. The zero-order chi connectivity index (χ0) is 56.2. The van der Waals surface area contributed by atoms with E-state index in [9.17, 15) is 0 Å². The number of rotatable bonds is 2. The number of fused-ring (bicyclic) bond motifs is 18. The van der Waals surface area contributed by atoms with Gasteiger partial charge in [0.05, 0.1) is 5.41 Å². The number of hydrogen-bond donors (Lipinski definition) is 0. The summed E-state index contributed by atoms with van der Waals surface area (Å²) in [5, 5.41) is 16.3. The van der Waals surface area contributed by atoms with Gasteiger partial charge in [0.15, 0.2) is 0 Å². The van der Waals surface area contributed by atoms with Crippen LogP contribution in [0.25, 0.3) is 131 Å². The molecule has 0 heterocycles. The van der Waals surface area contributed by atoms with Crippen molar-refractivity contribution in [3.63, 3.8) is 0 Å². The summed E-state index contributed by atoms with van der Waals surface area (Å²) in [7, 11) is 0. The molecule has 0 N–H and O–H groups in total. The first-order valence-corrected chi connectivity index (χ1v) is 30.2. The molecule has 83 heavy (non-hydrogen) atoms. The minimum atomic E-state index is -0.503. The first-order valence-electron chi connectivity index (χ1n) is 30.2. The van der Waals surface area contributed by atoms with E-state index in [1.165, 1.54) is 187 Å². The highest BCUT2D eigenvalue weighted by Gasteiger charge is 2.52. The molecule has 0 nitrogen and oxygen atoms in total. The van der Waals surface area contributed by atoms with E-state index in [1.54, 1.807) is 0 Å². The van der Waals surface area contributed by atoms with E-state index < -0.39 is 5.41 Å². The van der Waals surface area contributed by atoms with Crippen LogP contribution in [0.15, 0.2) is 206 Å². The van der Waals surface area contributed by atoms with Crippen LogP contribution in [0, 0.1) is 0 Å². The van der Waals surface area contributed by atoms with Gasteiger partial charge in [0.2, 0.25) is 0 Å². The lowest BCUT2D eigenvalue weighted by atomic mass is 9.70. The Hall–Kier alpha value is -8.84. The molecule has 0 saturated carbocycles. The normalized spacial score (nSPS) is 15.6. The molecule has 0 amide bonds. The minimum absolute atomic E-state index is 0.0750. The van der Waals surface area contributed by atoms with Gasteiger partial charge in [0, 0.05) is 10.8 Å². The van der Waals surface area contributed by atoms with Crippen molar-refractivity contribution in [3.8, 4) is 66.8 Å². The van der Waals surface area contributed by atoms with E-state index in [1.807, 2.05) is 0 Å². The summed E-state index contributed by atoms with van der Waals surface area (Å²) in [6, 6.07) is 81.9. The Morgan fingerprint density at radius 2 is 0.566 bits per heavy atom. The van der Waals surface area contributed by atoms with Crippen LogP contribution in [-0.4, -0.2) is 0 Å². The Labute approximate surface area is 486 Å². The second-order valence-corrected chi connectivity index (χ2v) is 28.4. The van der Waals surface area contributed by atoms with Gasteiger partial charge in [0.1, 0.15) is 0 Å². The molecule has 14 aromatic rings. The van der Waals surface area contributed by atoms with Crippen LogP contribution >= 0.6 is 0 Å². The molecule has 0 radical (unpaired) electrons. The summed E-state index contributed by atoms with van der Waals surface area (Å²) < 4.78 is 0. The largest absolute Gasteiger partial charge is 0.0725 e. The van der Waals surface area contributed by atoms with Crippen LogP contribution in [-0.2, 0) is 27.1 Å². The summed E-state index contributed by atoms with van der Waals surface area (Å²) in [6.07, 6.45) is 0. The summed E-state index contributed by atoms with van der Waals surface area (Å²) in [4.78, 5) is 0. The second-order valence-electron chi connectivity index (χ2n) is 28.4. The molecule has 1 spiro atoms. The van der Waals surface area contributed by atoms with E-state index in [-0.39, 0.29) is 21.7 Å². The minimum Gasteiger partial charge on any atom is -0.0619 e. The predicted octanol–water partition coefficient (Wildman–Crippen LogP) is 22.4. The summed E-state index contributed by atoms with van der Waals surface area (Å²) >= 11 is 0. The molecule has 396 valence electrons. The van der Waals surface area contributed by atoms with Crippen molar-refractivity contribution in [2.75, 3.05) is 0 Å². The summed E-state index contributed by atoms with van der Waals surface area (Å²) in [5.74, 6) is 0. The molecule has 0 aromatic heterocycles. The van der Waals surface area contributed by atoms with Gasteiger partial charge < -0.3 is 0 Å². The first-order chi connectivity index (χ1) is 39.9. The molecule has 0 saturated heterocycles. The SMILES string of the molecule is CC(C)(C)c1cc2ccc3cc4c(c5ccc(c1)c2c35)-c1ccc(-c2ccc3c(c2)C2(c5ccccc5-c5ccccc52)c2cc(-c5ccc6c(c5)C(C)(C)c5cc7ccc8cc(C(C)(C)C)cc9ccc(c5-6)c7c89)ccc2-3)cc1C4(C)C. The van der Waals surface area contributed by atoms with Gasteiger partial charge in [-0.05, 0) is 234 Å². The third-order valence-corrected chi connectivity index (χ3v) is 21.2. The fraction of sp³-hybridized carbons (Fsp3) is 0.181. The highest BCUT2D eigenvalue weighted by atomic mass is 14.5. The van der Waals surface area contributed by atoms with Gasteiger partial charge >= 0.3 is 0 Å². The van der Waals surface area contributed by atoms with Crippen molar-refractivity contribution < 1.29 is 0 Å². The standard InChI is InChI=1S/C83H64/c1-79(2,3)55-35-49-19-21-53-43-71-77(63-33-27-51(37-55)73(49)75(53)63)61-31-25-45(39-67(61)81(71,7)8)47-23-29-59-60-30-24-48(42-70(60)83(69(59)41-47)65-17-13-11-15-57(65)58-16-12-14-18-66(58)83)46-26-32-62-68(40-46)82(9,10)72-44-54-22-20-50-36-56(80(4,5)6)38-52-28-34-64(78(62)72)76(54)74(50)52/h11-44H,1-10H3. The Morgan fingerprint density at radius 1 is 0.253 bits per heavy atom. The van der Waals surface area contributed by atoms with E-state index in [0.717, 1.165) is 0 Å². The van der Waals surface area contributed by atoms with Crippen molar-refractivity contribution in [2.24, 2.45) is 0 Å². The maximum Gasteiger partial charge on any atom is 0.0725 e. The van der Waals surface area contributed by atoms with Crippen molar-refractivity contribution >= 4 is 64.6 Å². The molecule has 4 aliphatic rings. The average molecular weight is 1060 g/mol. The monoisotopic (exact) mass is 1060 g/mol. The van der Waals surface area contributed by atoms with Gasteiger partial charge in [-0.3, -0.25) is 0 Å².